The molecule has 0 fully saturated rings. The lowest BCUT2D eigenvalue weighted by Crippen LogP contribution is -2.27. The number of hydrogen-bond acceptors (Lipinski definition) is 4. The lowest BCUT2D eigenvalue weighted by Gasteiger charge is -2.20. The molecule has 1 aromatic heterocycles. The molecule has 6 heteroatoms. The second kappa shape index (κ2) is 6.05. The first-order valence-electron chi connectivity index (χ1n) is 8.10. The summed E-state index contributed by atoms with van der Waals surface area (Å²) in [6.45, 7) is 2.44. The van der Waals surface area contributed by atoms with Crippen LogP contribution in [0, 0.1) is 0 Å². The summed E-state index contributed by atoms with van der Waals surface area (Å²) in [6.07, 6.45) is 1.01. The number of benzene rings is 2. The Morgan fingerprint density at radius 2 is 2.25 bits per heavy atom. The predicted octanol–water partition coefficient (Wildman–Crippen LogP) is 1.54. The minimum Gasteiger partial charge on any atom is -0.348 e. The Hall–Kier alpha value is -2.73. The van der Waals surface area contributed by atoms with Crippen molar-refractivity contribution in [2.75, 3.05) is 6.54 Å². The number of carbonyl (C=O) groups is 1. The summed E-state index contributed by atoms with van der Waals surface area (Å²) in [6, 6.07) is 11.7. The number of aromatic nitrogens is 3. The zero-order valence-electron chi connectivity index (χ0n) is 13.5. The summed E-state index contributed by atoms with van der Waals surface area (Å²) in [4.78, 5) is 12.5. The largest absolute Gasteiger partial charge is 0.348 e. The lowest BCUT2D eigenvalue weighted by atomic mass is 9.95. The van der Waals surface area contributed by atoms with Crippen LogP contribution in [0.4, 0.5) is 0 Å². The van der Waals surface area contributed by atoms with Crippen molar-refractivity contribution < 1.29 is 4.79 Å². The van der Waals surface area contributed by atoms with E-state index in [9.17, 15) is 4.79 Å². The first-order valence-corrected chi connectivity index (χ1v) is 8.10. The van der Waals surface area contributed by atoms with Gasteiger partial charge in [0.05, 0.1) is 5.52 Å². The summed E-state index contributed by atoms with van der Waals surface area (Å²) < 4.78 is 1.67. The zero-order chi connectivity index (χ0) is 16.5. The molecule has 1 aliphatic rings. The number of carbonyl (C=O) groups excluding carboxylic acids is 1. The normalized spacial score (nSPS) is 13.7. The smallest absolute Gasteiger partial charge is 0.251 e. The third-order valence-corrected chi connectivity index (χ3v) is 4.55. The van der Waals surface area contributed by atoms with E-state index in [1.165, 1.54) is 16.7 Å². The van der Waals surface area contributed by atoms with E-state index < -0.39 is 0 Å². The molecule has 0 saturated carbocycles. The van der Waals surface area contributed by atoms with Gasteiger partial charge >= 0.3 is 0 Å². The summed E-state index contributed by atoms with van der Waals surface area (Å²) in [7, 11) is 1.82. The molecule has 1 amide bonds. The van der Waals surface area contributed by atoms with Crippen molar-refractivity contribution in [1.29, 1.82) is 0 Å². The molecule has 24 heavy (non-hydrogen) atoms. The standard InChI is InChI=1S/C18H19N5O/c1-23-17-9-12(5-6-16(17)21-22-23)18(24)20-11-14-4-2-3-13-10-19-8-7-15(13)14/h2-6,9,19H,7-8,10-11H2,1H3,(H,20,24). The molecule has 2 heterocycles. The van der Waals surface area contributed by atoms with Gasteiger partial charge in [0, 0.05) is 25.7 Å². The zero-order valence-corrected chi connectivity index (χ0v) is 13.5. The van der Waals surface area contributed by atoms with Gasteiger partial charge in [-0.3, -0.25) is 4.79 Å². The fraction of sp³-hybridized carbons (Fsp3) is 0.278. The van der Waals surface area contributed by atoms with E-state index in [2.05, 4.69) is 39.1 Å². The van der Waals surface area contributed by atoms with Gasteiger partial charge in [0.25, 0.3) is 5.91 Å². The Bertz CT molecular complexity index is 915. The molecule has 0 atom stereocenters. The number of fused-ring (bicyclic) bond motifs is 2. The Balaban J connectivity index is 1.53. The van der Waals surface area contributed by atoms with Crippen LogP contribution < -0.4 is 10.6 Å². The van der Waals surface area contributed by atoms with Crippen LogP contribution in [0.15, 0.2) is 36.4 Å². The Kier molecular flexibility index (Phi) is 3.74. The highest BCUT2D eigenvalue weighted by Gasteiger charge is 2.14. The molecule has 0 unspecified atom stereocenters. The maximum absolute atomic E-state index is 12.5. The summed E-state index contributed by atoms with van der Waals surface area (Å²) in [5.41, 5.74) is 6.16. The molecule has 4 rings (SSSR count). The predicted molar refractivity (Wildman–Crippen MR) is 91.5 cm³/mol. The van der Waals surface area contributed by atoms with E-state index in [-0.39, 0.29) is 5.91 Å². The van der Waals surface area contributed by atoms with Crippen molar-refractivity contribution >= 4 is 16.9 Å². The first-order chi connectivity index (χ1) is 11.7. The summed E-state index contributed by atoms with van der Waals surface area (Å²) in [5.74, 6) is -0.0790. The van der Waals surface area contributed by atoms with Crippen LogP contribution in [0.1, 0.15) is 27.0 Å². The average molecular weight is 321 g/mol. The molecule has 0 radical (unpaired) electrons. The van der Waals surface area contributed by atoms with Gasteiger partial charge in [0.1, 0.15) is 5.52 Å². The second-order valence-corrected chi connectivity index (χ2v) is 6.08. The summed E-state index contributed by atoms with van der Waals surface area (Å²) in [5, 5.41) is 14.4. The third kappa shape index (κ3) is 2.65. The minimum absolute atomic E-state index is 0.0790. The maximum atomic E-state index is 12.5. The number of rotatable bonds is 3. The first kappa shape index (κ1) is 14.8. The van der Waals surface area contributed by atoms with E-state index in [1.54, 1.807) is 10.7 Å². The van der Waals surface area contributed by atoms with Crippen molar-refractivity contribution in [2.45, 2.75) is 19.5 Å². The minimum atomic E-state index is -0.0790. The molecule has 0 aliphatic carbocycles. The summed E-state index contributed by atoms with van der Waals surface area (Å²) >= 11 is 0. The van der Waals surface area contributed by atoms with Crippen LogP contribution >= 0.6 is 0 Å². The Morgan fingerprint density at radius 3 is 3.17 bits per heavy atom. The van der Waals surface area contributed by atoms with Crippen LogP contribution in [0.3, 0.4) is 0 Å². The van der Waals surface area contributed by atoms with Crippen molar-refractivity contribution in [3.8, 4) is 0 Å². The van der Waals surface area contributed by atoms with E-state index in [4.69, 9.17) is 0 Å². The number of nitrogens with zero attached hydrogens (tertiary/aromatic N) is 3. The molecule has 0 bridgehead atoms. The second-order valence-electron chi connectivity index (χ2n) is 6.08. The number of aryl methyl sites for hydroxylation is 1. The van der Waals surface area contributed by atoms with Gasteiger partial charge in [-0.2, -0.15) is 0 Å². The quantitative estimate of drug-likeness (QED) is 0.768. The molecule has 3 aromatic rings. The van der Waals surface area contributed by atoms with E-state index in [1.807, 2.05) is 19.2 Å². The van der Waals surface area contributed by atoms with E-state index in [0.717, 1.165) is 30.5 Å². The number of hydrogen-bond donors (Lipinski definition) is 2. The molecule has 0 saturated heterocycles. The van der Waals surface area contributed by atoms with Gasteiger partial charge in [-0.05, 0) is 47.9 Å². The maximum Gasteiger partial charge on any atom is 0.251 e. The van der Waals surface area contributed by atoms with E-state index >= 15 is 0 Å². The number of amides is 1. The van der Waals surface area contributed by atoms with Crippen molar-refractivity contribution in [3.05, 3.63) is 58.7 Å². The average Bonchev–Trinajstić information content (AvgIpc) is 3.00. The van der Waals surface area contributed by atoms with Gasteiger partial charge in [-0.1, -0.05) is 23.4 Å². The molecule has 1 aliphatic heterocycles. The molecule has 6 nitrogen and oxygen atoms in total. The van der Waals surface area contributed by atoms with Crippen molar-refractivity contribution in [3.63, 3.8) is 0 Å². The van der Waals surface area contributed by atoms with Gasteiger partial charge in [0.15, 0.2) is 0 Å². The van der Waals surface area contributed by atoms with Crippen LogP contribution in [0.5, 0.6) is 0 Å². The van der Waals surface area contributed by atoms with Crippen LogP contribution in [-0.4, -0.2) is 27.4 Å². The van der Waals surface area contributed by atoms with Gasteiger partial charge < -0.3 is 10.6 Å². The lowest BCUT2D eigenvalue weighted by molar-refractivity contribution is 0.0951. The van der Waals surface area contributed by atoms with Gasteiger partial charge in [-0.25, -0.2) is 4.68 Å². The highest BCUT2D eigenvalue weighted by Crippen LogP contribution is 2.19. The monoisotopic (exact) mass is 321 g/mol. The van der Waals surface area contributed by atoms with Crippen molar-refractivity contribution in [2.24, 2.45) is 7.05 Å². The van der Waals surface area contributed by atoms with Crippen LogP contribution in [-0.2, 0) is 26.6 Å². The third-order valence-electron chi connectivity index (χ3n) is 4.55. The molecule has 2 aromatic carbocycles. The topological polar surface area (TPSA) is 71.8 Å². The highest BCUT2D eigenvalue weighted by atomic mass is 16.1. The number of nitrogens with one attached hydrogen (secondary N) is 2. The molecule has 0 spiro atoms. The van der Waals surface area contributed by atoms with Crippen LogP contribution in [0.25, 0.3) is 11.0 Å². The van der Waals surface area contributed by atoms with Gasteiger partial charge in [0.2, 0.25) is 0 Å². The molecular formula is C18H19N5O. The fourth-order valence-corrected chi connectivity index (χ4v) is 3.23. The Labute approximate surface area is 139 Å². The van der Waals surface area contributed by atoms with Crippen molar-refractivity contribution in [1.82, 2.24) is 25.6 Å². The fourth-order valence-electron chi connectivity index (χ4n) is 3.23. The van der Waals surface area contributed by atoms with Gasteiger partial charge in [-0.15, -0.1) is 5.10 Å². The molecular weight excluding hydrogens is 302 g/mol. The molecule has 122 valence electrons. The molecule has 2 N–H and O–H groups in total. The highest BCUT2D eigenvalue weighted by molar-refractivity contribution is 5.97. The SMILES string of the molecule is Cn1nnc2ccc(C(=O)NCc3cccc4c3CCNC4)cc21. The Morgan fingerprint density at radius 1 is 1.33 bits per heavy atom. The van der Waals surface area contributed by atoms with Crippen LogP contribution in [0.2, 0.25) is 0 Å². The van der Waals surface area contributed by atoms with E-state index in [0.29, 0.717) is 12.1 Å².